The molecule has 0 fully saturated rings. The summed E-state index contributed by atoms with van der Waals surface area (Å²) in [5, 5.41) is 3.89. The molecule has 0 saturated heterocycles. The van der Waals surface area contributed by atoms with Gasteiger partial charge in [-0.1, -0.05) is 36.7 Å². The van der Waals surface area contributed by atoms with Crippen LogP contribution in [0, 0.1) is 13.8 Å². The minimum atomic E-state index is 0.367. The van der Waals surface area contributed by atoms with Gasteiger partial charge in [0.15, 0.2) is 0 Å². The van der Waals surface area contributed by atoms with Crippen molar-refractivity contribution in [2.45, 2.75) is 33.8 Å². The smallest absolute Gasteiger partial charge is 0.132 e. The number of benzene rings is 1. The topological polar surface area (TPSA) is 34.1 Å². The Balaban J connectivity index is 2.12. The Morgan fingerprint density at radius 1 is 1.14 bits per heavy atom. The zero-order chi connectivity index (χ0) is 15.2. The summed E-state index contributed by atoms with van der Waals surface area (Å²) in [5.41, 5.74) is 2.98. The normalized spacial score (nSPS) is 10.5. The van der Waals surface area contributed by atoms with Crippen LogP contribution in [0.4, 0.5) is 5.82 Å². The molecule has 0 atom stereocenters. The molecule has 4 heteroatoms. The molecule has 1 aromatic carbocycles. The highest BCUT2D eigenvalue weighted by atomic mass is 35.5. The monoisotopic (exact) mass is 304 g/mol. The number of aromatic nitrogens is 1. The second kappa shape index (κ2) is 7.32. The lowest BCUT2D eigenvalue weighted by Crippen LogP contribution is -2.06. The Bertz CT molecular complexity index is 593. The highest BCUT2D eigenvalue weighted by Crippen LogP contribution is 2.25. The van der Waals surface area contributed by atoms with Crippen LogP contribution in [-0.2, 0) is 6.61 Å². The predicted molar refractivity (Wildman–Crippen MR) is 88.3 cm³/mol. The Hall–Kier alpha value is -1.74. The second-order valence-corrected chi connectivity index (χ2v) is 5.47. The number of aryl methyl sites for hydroxylation is 2. The molecule has 21 heavy (non-hydrogen) atoms. The highest BCUT2D eigenvalue weighted by molar-refractivity contribution is 6.31. The first kappa shape index (κ1) is 15.6. The molecule has 0 bridgehead atoms. The molecule has 0 aliphatic rings. The van der Waals surface area contributed by atoms with Crippen molar-refractivity contribution in [3.8, 4) is 5.75 Å². The van der Waals surface area contributed by atoms with E-state index >= 15 is 0 Å². The van der Waals surface area contributed by atoms with Crippen molar-refractivity contribution >= 4 is 17.4 Å². The number of hydrogen-bond acceptors (Lipinski definition) is 3. The number of nitrogens with one attached hydrogen (secondary N) is 1. The number of hydrogen-bond donors (Lipinski definition) is 1. The van der Waals surface area contributed by atoms with Crippen molar-refractivity contribution in [3.05, 3.63) is 52.2 Å². The van der Waals surface area contributed by atoms with Gasteiger partial charge in [0.05, 0.1) is 10.7 Å². The number of ether oxygens (including phenoxy) is 1. The van der Waals surface area contributed by atoms with E-state index in [-0.39, 0.29) is 0 Å². The van der Waals surface area contributed by atoms with Crippen LogP contribution in [0.25, 0.3) is 0 Å². The molecule has 1 aromatic heterocycles. The first-order valence-corrected chi connectivity index (χ1v) is 7.58. The molecule has 1 heterocycles. The first-order valence-electron chi connectivity index (χ1n) is 7.20. The van der Waals surface area contributed by atoms with Crippen LogP contribution in [-0.4, -0.2) is 11.5 Å². The molecular formula is C17H21ClN2O. The molecule has 2 aromatic rings. The van der Waals surface area contributed by atoms with E-state index in [1.807, 2.05) is 44.2 Å². The fourth-order valence-electron chi connectivity index (χ4n) is 2.10. The van der Waals surface area contributed by atoms with E-state index in [0.717, 1.165) is 41.4 Å². The van der Waals surface area contributed by atoms with Crippen LogP contribution in [0.3, 0.4) is 0 Å². The van der Waals surface area contributed by atoms with Gasteiger partial charge in [-0.3, -0.25) is 0 Å². The summed E-state index contributed by atoms with van der Waals surface area (Å²) in [6.45, 7) is 7.46. The number of pyridine rings is 1. The molecule has 0 radical (unpaired) electrons. The van der Waals surface area contributed by atoms with Crippen LogP contribution in [0.2, 0.25) is 5.02 Å². The first-order chi connectivity index (χ1) is 10.1. The minimum absolute atomic E-state index is 0.367. The van der Waals surface area contributed by atoms with Gasteiger partial charge in [-0.25, -0.2) is 4.98 Å². The fourth-order valence-corrected chi connectivity index (χ4v) is 2.26. The van der Waals surface area contributed by atoms with Crippen LogP contribution in [0.5, 0.6) is 5.75 Å². The van der Waals surface area contributed by atoms with Gasteiger partial charge in [-0.2, -0.15) is 0 Å². The molecule has 2 rings (SSSR count). The lowest BCUT2D eigenvalue weighted by atomic mass is 10.1. The number of anilines is 1. The van der Waals surface area contributed by atoms with Crippen molar-refractivity contribution in [1.29, 1.82) is 0 Å². The lowest BCUT2D eigenvalue weighted by molar-refractivity contribution is 0.297. The maximum atomic E-state index is 6.21. The summed E-state index contributed by atoms with van der Waals surface area (Å²) in [7, 11) is 0. The van der Waals surface area contributed by atoms with Crippen molar-refractivity contribution in [3.63, 3.8) is 0 Å². The standard InChI is InChI=1S/C17H21ClN2O/c1-4-10-19-16-9-8-14(18)15(20-16)11-21-17-12(2)6-5-7-13(17)3/h5-9H,4,10-11H2,1-3H3,(H,19,20). The maximum absolute atomic E-state index is 6.21. The quantitative estimate of drug-likeness (QED) is 0.836. The molecule has 0 saturated carbocycles. The third-order valence-corrected chi connectivity index (χ3v) is 3.58. The Morgan fingerprint density at radius 3 is 2.52 bits per heavy atom. The molecular weight excluding hydrogens is 284 g/mol. The van der Waals surface area contributed by atoms with E-state index < -0.39 is 0 Å². The predicted octanol–water partition coefficient (Wildman–Crippen LogP) is 4.75. The van der Waals surface area contributed by atoms with Gasteiger partial charge in [0.1, 0.15) is 18.2 Å². The largest absolute Gasteiger partial charge is 0.487 e. The van der Waals surface area contributed by atoms with Gasteiger partial charge >= 0.3 is 0 Å². The van der Waals surface area contributed by atoms with E-state index in [2.05, 4.69) is 17.2 Å². The summed E-state index contributed by atoms with van der Waals surface area (Å²) in [4.78, 5) is 4.52. The Kier molecular flexibility index (Phi) is 5.45. The molecule has 0 aliphatic heterocycles. The number of rotatable bonds is 6. The van der Waals surface area contributed by atoms with E-state index in [0.29, 0.717) is 11.6 Å². The summed E-state index contributed by atoms with van der Waals surface area (Å²) in [6.07, 6.45) is 1.05. The van der Waals surface area contributed by atoms with Crippen LogP contribution in [0.15, 0.2) is 30.3 Å². The van der Waals surface area contributed by atoms with E-state index in [1.165, 1.54) is 0 Å². The second-order valence-electron chi connectivity index (χ2n) is 5.06. The maximum Gasteiger partial charge on any atom is 0.132 e. The lowest BCUT2D eigenvalue weighted by Gasteiger charge is -2.13. The summed E-state index contributed by atoms with van der Waals surface area (Å²) in [5.74, 6) is 1.74. The zero-order valence-corrected chi connectivity index (χ0v) is 13.5. The van der Waals surface area contributed by atoms with Gasteiger partial charge in [-0.15, -0.1) is 0 Å². The van der Waals surface area contributed by atoms with Gasteiger partial charge in [0.2, 0.25) is 0 Å². The summed E-state index contributed by atoms with van der Waals surface area (Å²) in [6, 6.07) is 9.85. The van der Waals surface area contributed by atoms with Crippen molar-refractivity contribution in [2.24, 2.45) is 0 Å². The highest BCUT2D eigenvalue weighted by Gasteiger charge is 2.08. The van der Waals surface area contributed by atoms with Crippen LogP contribution in [0.1, 0.15) is 30.2 Å². The van der Waals surface area contributed by atoms with Crippen molar-refractivity contribution < 1.29 is 4.74 Å². The average Bonchev–Trinajstić information content (AvgIpc) is 2.47. The number of halogens is 1. The van der Waals surface area contributed by atoms with Crippen molar-refractivity contribution in [2.75, 3.05) is 11.9 Å². The molecule has 0 unspecified atom stereocenters. The van der Waals surface area contributed by atoms with E-state index in [9.17, 15) is 0 Å². The van der Waals surface area contributed by atoms with Gasteiger partial charge < -0.3 is 10.1 Å². The van der Waals surface area contributed by atoms with Crippen LogP contribution >= 0.6 is 11.6 Å². The van der Waals surface area contributed by atoms with Gasteiger partial charge in [-0.05, 0) is 43.5 Å². The molecule has 112 valence electrons. The third kappa shape index (κ3) is 4.11. The number of para-hydroxylation sites is 1. The number of nitrogens with zero attached hydrogens (tertiary/aromatic N) is 1. The van der Waals surface area contributed by atoms with Gasteiger partial charge in [0, 0.05) is 6.54 Å². The SMILES string of the molecule is CCCNc1ccc(Cl)c(COc2c(C)cccc2C)n1. The minimum Gasteiger partial charge on any atom is -0.487 e. The average molecular weight is 305 g/mol. The van der Waals surface area contributed by atoms with Crippen LogP contribution < -0.4 is 10.1 Å². The fraction of sp³-hybridized carbons (Fsp3) is 0.353. The van der Waals surface area contributed by atoms with Gasteiger partial charge in [0.25, 0.3) is 0 Å². The Morgan fingerprint density at radius 2 is 1.86 bits per heavy atom. The molecule has 0 spiro atoms. The Labute approximate surface area is 131 Å². The molecule has 1 N–H and O–H groups in total. The third-order valence-electron chi connectivity index (χ3n) is 3.24. The molecule has 3 nitrogen and oxygen atoms in total. The zero-order valence-electron chi connectivity index (χ0n) is 12.7. The van der Waals surface area contributed by atoms with Crippen molar-refractivity contribution in [1.82, 2.24) is 4.98 Å². The summed E-state index contributed by atoms with van der Waals surface area (Å²) >= 11 is 6.21. The molecule has 0 amide bonds. The van der Waals surface area contributed by atoms with E-state index in [1.54, 1.807) is 0 Å². The summed E-state index contributed by atoms with van der Waals surface area (Å²) < 4.78 is 5.92. The molecule has 0 aliphatic carbocycles. The van der Waals surface area contributed by atoms with E-state index in [4.69, 9.17) is 16.3 Å².